The van der Waals surface area contributed by atoms with E-state index in [1.165, 1.54) is 0 Å². The molecule has 8 heteroatoms. The third-order valence-corrected chi connectivity index (χ3v) is 3.02. The molecule has 138 valence electrons. The lowest BCUT2D eigenvalue weighted by Crippen LogP contribution is -2.16. The van der Waals surface area contributed by atoms with Gasteiger partial charge in [0.05, 0.1) is 0 Å². The average Bonchev–Trinajstić information content (AvgIpc) is 2.61. The first-order valence-corrected chi connectivity index (χ1v) is 7.85. The van der Waals surface area contributed by atoms with Crippen molar-refractivity contribution in [1.29, 1.82) is 0 Å². The highest BCUT2D eigenvalue weighted by molar-refractivity contribution is 5.98. The summed E-state index contributed by atoms with van der Waals surface area (Å²) in [6.07, 6.45) is 2.43. The number of nitrogens with zero attached hydrogens (tertiary/aromatic N) is 2. The molecule has 2 N–H and O–H groups in total. The van der Waals surface area contributed by atoms with Gasteiger partial charge in [-0.2, -0.15) is 0 Å². The van der Waals surface area contributed by atoms with Crippen LogP contribution >= 0.6 is 0 Å². The molecule has 0 amide bonds. The summed E-state index contributed by atoms with van der Waals surface area (Å²) >= 11 is 0. The van der Waals surface area contributed by atoms with Gasteiger partial charge in [0.1, 0.15) is 11.4 Å². The van der Waals surface area contributed by atoms with Crippen LogP contribution in [0.3, 0.4) is 0 Å². The number of carboxylic acids is 2. The van der Waals surface area contributed by atoms with Gasteiger partial charge >= 0.3 is 11.9 Å². The summed E-state index contributed by atoms with van der Waals surface area (Å²) < 4.78 is 9.85. The van der Waals surface area contributed by atoms with E-state index in [0.717, 1.165) is 0 Å². The predicted molar refractivity (Wildman–Crippen MR) is 91.9 cm³/mol. The predicted octanol–water partition coefficient (Wildman–Crippen LogP) is 1.43. The van der Waals surface area contributed by atoms with E-state index in [0.29, 0.717) is 38.9 Å². The van der Waals surface area contributed by atoms with Crippen LogP contribution < -0.4 is 0 Å². The van der Waals surface area contributed by atoms with Gasteiger partial charge < -0.3 is 19.7 Å². The number of rotatable bonds is 8. The van der Waals surface area contributed by atoms with Gasteiger partial charge in [0, 0.05) is 40.3 Å². The minimum Gasteiger partial charge on any atom is -0.476 e. The molecule has 0 aliphatic heterocycles. The van der Waals surface area contributed by atoms with Gasteiger partial charge in [-0.1, -0.05) is 11.8 Å². The molecule has 0 unspecified atom stereocenters. The number of aromatic nitrogens is 2. The molecule has 0 bridgehead atoms. The van der Waals surface area contributed by atoms with E-state index >= 15 is 0 Å². The molecule has 0 aliphatic rings. The Labute approximate surface area is 151 Å². The highest BCUT2D eigenvalue weighted by Gasteiger charge is 2.22. The highest BCUT2D eigenvalue weighted by atomic mass is 16.5. The number of carboxylic acid groups (broad SMARTS) is 2. The molecule has 0 spiro atoms. The molecular formula is C18H20N2O6. The van der Waals surface area contributed by atoms with Crippen molar-refractivity contribution >= 4 is 11.9 Å². The molecule has 8 nitrogen and oxygen atoms in total. The average molecular weight is 360 g/mol. The summed E-state index contributed by atoms with van der Waals surface area (Å²) in [6.45, 7) is 1.09. The van der Waals surface area contributed by atoms with Crippen LogP contribution in [0, 0.1) is 23.7 Å². The summed E-state index contributed by atoms with van der Waals surface area (Å²) in [6, 6.07) is 0. The van der Waals surface area contributed by atoms with Crippen LogP contribution in [-0.4, -0.2) is 59.6 Å². The molecule has 0 saturated heterocycles. The Morgan fingerprint density at radius 1 is 0.846 bits per heavy atom. The van der Waals surface area contributed by atoms with E-state index in [9.17, 15) is 9.59 Å². The largest absolute Gasteiger partial charge is 0.476 e. The lowest BCUT2D eigenvalue weighted by Gasteiger charge is -2.03. The van der Waals surface area contributed by atoms with E-state index in [2.05, 4.69) is 33.6 Å². The van der Waals surface area contributed by atoms with Gasteiger partial charge in [-0.05, 0) is 24.7 Å². The maximum Gasteiger partial charge on any atom is 0.357 e. The van der Waals surface area contributed by atoms with Crippen LogP contribution in [0.2, 0.25) is 0 Å². The van der Waals surface area contributed by atoms with E-state index in [1.807, 2.05) is 0 Å². The summed E-state index contributed by atoms with van der Waals surface area (Å²) in [5, 5.41) is 18.3. The van der Waals surface area contributed by atoms with Crippen molar-refractivity contribution in [3.8, 4) is 23.7 Å². The van der Waals surface area contributed by atoms with Crippen molar-refractivity contribution in [3.63, 3.8) is 0 Å². The first kappa shape index (κ1) is 21.1. The first-order valence-electron chi connectivity index (χ1n) is 7.85. The van der Waals surface area contributed by atoms with Crippen LogP contribution in [0.4, 0.5) is 0 Å². The zero-order valence-corrected chi connectivity index (χ0v) is 14.7. The van der Waals surface area contributed by atoms with Crippen molar-refractivity contribution in [3.05, 3.63) is 22.8 Å². The van der Waals surface area contributed by atoms with Gasteiger partial charge in [0.15, 0.2) is 11.4 Å². The third-order valence-electron chi connectivity index (χ3n) is 3.02. The Morgan fingerprint density at radius 3 is 1.54 bits per heavy atom. The molecule has 0 fully saturated rings. The van der Waals surface area contributed by atoms with Crippen LogP contribution in [0.5, 0.6) is 0 Å². The van der Waals surface area contributed by atoms with Crippen LogP contribution in [0.25, 0.3) is 0 Å². The number of ether oxygens (including phenoxy) is 2. The van der Waals surface area contributed by atoms with Gasteiger partial charge in [0.25, 0.3) is 0 Å². The van der Waals surface area contributed by atoms with Crippen LogP contribution in [0.1, 0.15) is 58.0 Å². The standard InChI is InChI=1S/C18H20N2O6/c1-25-11-7-3-5-9-13-14(10-6-4-8-12-26-2)20-16(18(23)24)15(19-13)17(21)22/h3-4,7-8,11-12H2,1-2H3,(H,21,22)(H,23,24). The third kappa shape index (κ3) is 6.89. The number of hydrogen-bond donors (Lipinski definition) is 2. The number of aromatic carboxylic acids is 2. The lowest BCUT2D eigenvalue weighted by atomic mass is 10.2. The monoisotopic (exact) mass is 360 g/mol. The molecule has 0 aliphatic carbocycles. The number of unbranched alkanes of at least 4 members (excludes halogenated alkanes) is 2. The molecule has 0 radical (unpaired) electrons. The van der Waals surface area contributed by atoms with E-state index in [4.69, 9.17) is 19.7 Å². The topological polar surface area (TPSA) is 119 Å². The van der Waals surface area contributed by atoms with Crippen LogP contribution in [-0.2, 0) is 9.47 Å². The minimum atomic E-state index is -1.49. The Kier molecular flexibility index (Phi) is 9.40. The zero-order valence-electron chi connectivity index (χ0n) is 14.7. The maximum atomic E-state index is 11.3. The van der Waals surface area contributed by atoms with Gasteiger partial charge in [-0.15, -0.1) is 0 Å². The molecule has 1 heterocycles. The number of methoxy groups -OCH3 is 2. The van der Waals surface area contributed by atoms with Crippen molar-refractivity contribution in [2.75, 3.05) is 27.4 Å². The SMILES string of the molecule is COCCCC#Cc1nc(C(=O)O)c(C(=O)O)nc1C#CCCCOC. The second-order valence-corrected chi connectivity index (χ2v) is 5.02. The highest BCUT2D eigenvalue weighted by Crippen LogP contribution is 2.09. The number of carbonyl (C=O) groups is 2. The molecule has 0 atom stereocenters. The smallest absolute Gasteiger partial charge is 0.357 e. The Bertz CT molecular complexity index is 703. The fraction of sp³-hybridized carbons (Fsp3) is 0.444. The zero-order chi connectivity index (χ0) is 19.4. The van der Waals surface area contributed by atoms with Crippen molar-refractivity contribution in [2.45, 2.75) is 25.7 Å². The second-order valence-electron chi connectivity index (χ2n) is 5.02. The molecule has 0 aromatic carbocycles. The second kappa shape index (κ2) is 11.6. The van der Waals surface area contributed by atoms with E-state index in [1.54, 1.807) is 14.2 Å². The molecule has 26 heavy (non-hydrogen) atoms. The minimum absolute atomic E-state index is 0.0454. The summed E-state index contributed by atoms with van der Waals surface area (Å²) in [5.41, 5.74) is -1.24. The van der Waals surface area contributed by atoms with E-state index < -0.39 is 23.3 Å². The van der Waals surface area contributed by atoms with Crippen LogP contribution in [0.15, 0.2) is 0 Å². The number of hydrogen-bond acceptors (Lipinski definition) is 6. The fourth-order valence-electron chi connectivity index (χ4n) is 1.81. The summed E-state index contributed by atoms with van der Waals surface area (Å²) in [5.74, 6) is 8.15. The normalized spacial score (nSPS) is 9.62. The van der Waals surface area contributed by atoms with Gasteiger partial charge in [0.2, 0.25) is 0 Å². The molecular weight excluding hydrogens is 340 g/mol. The molecule has 0 saturated carbocycles. The quantitative estimate of drug-likeness (QED) is 0.528. The summed E-state index contributed by atoms with van der Waals surface area (Å²) in [7, 11) is 3.17. The van der Waals surface area contributed by atoms with Crippen molar-refractivity contribution < 1.29 is 29.3 Å². The molecule has 1 aromatic heterocycles. The molecule has 1 rings (SSSR count). The van der Waals surface area contributed by atoms with Crippen molar-refractivity contribution in [2.24, 2.45) is 0 Å². The van der Waals surface area contributed by atoms with Gasteiger partial charge in [-0.25, -0.2) is 19.6 Å². The summed E-state index contributed by atoms with van der Waals surface area (Å²) in [4.78, 5) is 30.2. The Balaban J connectivity index is 3.22. The Hall–Kier alpha value is -2.94. The van der Waals surface area contributed by atoms with Crippen molar-refractivity contribution in [1.82, 2.24) is 9.97 Å². The Morgan fingerprint density at radius 2 is 1.23 bits per heavy atom. The van der Waals surface area contributed by atoms with E-state index in [-0.39, 0.29) is 11.4 Å². The first-order chi connectivity index (χ1) is 12.5. The molecule has 1 aromatic rings. The fourth-order valence-corrected chi connectivity index (χ4v) is 1.81. The maximum absolute atomic E-state index is 11.3. The lowest BCUT2D eigenvalue weighted by molar-refractivity contribution is 0.0641. The van der Waals surface area contributed by atoms with Gasteiger partial charge in [-0.3, -0.25) is 0 Å².